The molecule has 2 N–H and O–H groups in total. The maximum atomic E-state index is 12.3. The van der Waals surface area contributed by atoms with E-state index >= 15 is 0 Å². The number of amides is 1. The number of alkyl carbamates (subject to hydrolysis) is 1. The SMILES string of the molecule is O=C(N[C@@H](CC1CCCO1)C(=O)O)OCC1c2ccccc2-c2ccccc21. The van der Waals surface area contributed by atoms with E-state index < -0.39 is 18.1 Å². The first-order valence-corrected chi connectivity index (χ1v) is 9.59. The van der Waals surface area contributed by atoms with Crippen molar-refractivity contribution in [2.75, 3.05) is 13.2 Å². The van der Waals surface area contributed by atoms with Crippen LogP contribution in [0, 0.1) is 0 Å². The largest absolute Gasteiger partial charge is 0.480 e. The topological polar surface area (TPSA) is 84.9 Å². The summed E-state index contributed by atoms with van der Waals surface area (Å²) in [5.74, 6) is -1.14. The van der Waals surface area contributed by atoms with Gasteiger partial charge in [-0.1, -0.05) is 48.5 Å². The second kappa shape index (κ2) is 8.02. The van der Waals surface area contributed by atoms with E-state index in [-0.39, 0.29) is 25.0 Å². The molecule has 0 spiro atoms. The van der Waals surface area contributed by atoms with Gasteiger partial charge in [0, 0.05) is 18.9 Å². The van der Waals surface area contributed by atoms with E-state index in [0.29, 0.717) is 6.61 Å². The standard InChI is InChI=1S/C22H23NO5/c24-21(25)20(12-14-6-5-11-27-14)23-22(26)28-13-19-17-9-3-1-7-15(17)16-8-2-4-10-18(16)19/h1-4,7-10,14,19-20H,5-6,11-13H2,(H,23,26)(H,24,25)/t14?,20-/m0/s1. The molecule has 0 saturated carbocycles. The Morgan fingerprint density at radius 2 is 1.75 bits per heavy atom. The molecule has 6 nitrogen and oxygen atoms in total. The number of carbonyl (C=O) groups excluding carboxylic acids is 1. The van der Waals surface area contributed by atoms with Gasteiger partial charge in [0.25, 0.3) is 0 Å². The van der Waals surface area contributed by atoms with Gasteiger partial charge < -0.3 is 19.9 Å². The minimum Gasteiger partial charge on any atom is -0.480 e. The summed E-state index contributed by atoms with van der Waals surface area (Å²) in [4.78, 5) is 23.8. The minimum absolute atomic E-state index is 0.0559. The first kappa shape index (κ1) is 18.5. The normalized spacial score (nSPS) is 18.9. The summed E-state index contributed by atoms with van der Waals surface area (Å²) < 4.78 is 10.9. The highest BCUT2D eigenvalue weighted by atomic mass is 16.5. The van der Waals surface area contributed by atoms with Gasteiger partial charge in [0.15, 0.2) is 0 Å². The van der Waals surface area contributed by atoms with Gasteiger partial charge in [-0.25, -0.2) is 9.59 Å². The van der Waals surface area contributed by atoms with Gasteiger partial charge >= 0.3 is 12.1 Å². The molecule has 2 aromatic carbocycles. The maximum absolute atomic E-state index is 12.3. The number of hydrogen-bond acceptors (Lipinski definition) is 4. The average Bonchev–Trinajstić information content (AvgIpc) is 3.32. The zero-order valence-corrected chi connectivity index (χ0v) is 15.5. The van der Waals surface area contributed by atoms with Gasteiger partial charge in [-0.05, 0) is 35.1 Å². The molecule has 1 aliphatic carbocycles. The number of ether oxygens (including phenoxy) is 2. The van der Waals surface area contributed by atoms with Crippen LogP contribution in [0.25, 0.3) is 11.1 Å². The van der Waals surface area contributed by atoms with Crippen LogP contribution in [0.3, 0.4) is 0 Å². The molecule has 6 heteroatoms. The lowest BCUT2D eigenvalue weighted by molar-refractivity contribution is -0.140. The van der Waals surface area contributed by atoms with E-state index in [4.69, 9.17) is 9.47 Å². The molecule has 1 unspecified atom stereocenters. The number of fused-ring (bicyclic) bond motifs is 3. The lowest BCUT2D eigenvalue weighted by Crippen LogP contribution is -2.43. The van der Waals surface area contributed by atoms with Crippen LogP contribution >= 0.6 is 0 Å². The molecule has 1 heterocycles. The highest BCUT2D eigenvalue weighted by Crippen LogP contribution is 2.44. The van der Waals surface area contributed by atoms with Gasteiger partial charge in [-0.15, -0.1) is 0 Å². The van der Waals surface area contributed by atoms with E-state index in [1.54, 1.807) is 0 Å². The summed E-state index contributed by atoms with van der Waals surface area (Å²) in [6.45, 7) is 0.800. The smallest absolute Gasteiger partial charge is 0.407 e. The van der Waals surface area contributed by atoms with Crippen molar-refractivity contribution < 1.29 is 24.2 Å². The van der Waals surface area contributed by atoms with Crippen molar-refractivity contribution >= 4 is 12.1 Å². The Morgan fingerprint density at radius 3 is 2.32 bits per heavy atom. The molecule has 0 bridgehead atoms. The van der Waals surface area contributed by atoms with Crippen LogP contribution < -0.4 is 5.32 Å². The first-order chi connectivity index (χ1) is 13.6. The fourth-order valence-electron chi connectivity index (χ4n) is 4.10. The summed E-state index contributed by atoms with van der Waals surface area (Å²) in [6, 6.07) is 15.1. The quantitative estimate of drug-likeness (QED) is 0.799. The average molecular weight is 381 g/mol. The van der Waals surface area contributed by atoms with Crippen LogP contribution in [0.15, 0.2) is 48.5 Å². The van der Waals surface area contributed by atoms with E-state index in [2.05, 4.69) is 17.4 Å². The molecule has 2 aliphatic rings. The Kier molecular flexibility index (Phi) is 5.30. The van der Waals surface area contributed by atoms with Crippen molar-refractivity contribution in [1.29, 1.82) is 0 Å². The Balaban J connectivity index is 1.41. The summed E-state index contributed by atoms with van der Waals surface area (Å²) in [5.41, 5.74) is 4.53. The van der Waals surface area contributed by atoms with Crippen LogP contribution in [0.4, 0.5) is 4.79 Å². The number of nitrogens with one attached hydrogen (secondary N) is 1. The lowest BCUT2D eigenvalue weighted by atomic mass is 9.98. The van der Waals surface area contributed by atoms with Gasteiger partial charge in [0.2, 0.25) is 0 Å². The first-order valence-electron chi connectivity index (χ1n) is 9.59. The van der Waals surface area contributed by atoms with Crippen molar-refractivity contribution in [3.05, 3.63) is 59.7 Å². The number of carboxylic acid groups (broad SMARTS) is 1. The molecule has 1 amide bonds. The summed E-state index contributed by atoms with van der Waals surface area (Å²) in [6.07, 6.45) is 1.14. The Hall–Kier alpha value is -2.86. The molecular formula is C22H23NO5. The molecule has 1 fully saturated rings. The van der Waals surface area contributed by atoms with Gasteiger partial charge in [0.1, 0.15) is 12.6 Å². The maximum Gasteiger partial charge on any atom is 0.407 e. The monoisotopic (exact) mass is 381 g/mol. The summed E-state index contributed by atoms with van der Waals surface area (Å²) in [5, 5.41) is 11.9. The van der Waals surface area contributed by atoms with Gasteiger partial charge in [-0.3, -0.25) is 0 Å². The van der Waals surface area contributed by atoms with Crippen molar-refractivity contribution in [2.24, 2.45) is 0 Å². The van der Waals surface area contributed by atoms with E-state index in [9.17, 15) is 14.7 Å². The molecular weight excluding hydrogens is 358 g/mol. The van der Waals surface area contributed by atoms with Crippen molar-refractivity contribution in [2.45, 2.75) is 37.3 Å². The van der Waals surface area contributed by atoms with Crippen molar-refractivity contribution in [1.82, 2.24) is 5.32 Å². The molecule has 1 aliphatic heterocycles. The molecule has 2 aromatic rings. The van der Waals surface area contributed by atoms with Crippen LogP contribution in [0.5, 0.6) is 0 Å². The molecule has 146 valence electrons. The predicted molar refractivity (Wildman–Crippen MR) is 103 cm³/mol. The highest BCUT2D eigenvalue weighted by molar-refractivity contribution is 5.81. The molecule has 1 saturated heterocycles. The van der Waals surface area contributed by atoms with Crippen LogP contribution in [-0.4, -0.2) is 42.5 Å². The fraction of sp³-hybridized carbons (Fsp3) is 0.364. The second-order valence-corrected chi connectivity index (χ2v) is 7.23. The van der Waals surface area contributed by atoms with Crippen molar-refractivity contribution in [3.8, 4) is 11.1 Å². The second-order valence-electron chi connectivity index (χ2n) is 7.23. The molecule has 0 radical (unpaired) electrons. The Labute approximate surface area is 163 Å². The van der Waals surface area contributed by atoms with Crippen LogP contribution in [0.1, 0.15) is 36.3 Å². The number of benzene rings is 2. The molecule has 0 aromatic heterocycles. The number of carbonyl (C=O) groups is 2. The summed E-state index contributed by atoms with van der Waals surface area (Å²) in [7, 11) is 0. The minimum atomic E-state index is -1.08. The van der Waals surface area contributed by atoms with Gasteiger partial charge in [-0.2, -0.15) is 0 Å². The Bertz CT molecular complexity index is 829. The number of aliphatic carboxylic acids is 1. The fourth-order valence-corrected chi connectivity index (χ4v) is 4.10. The van der Waals surface area contributed by atoms with E-state index in [0.717, 1.165) is 35.1 Å². The van der Waals surface area contributed by atoms with Crippen LogP contribution in [0.2, 0.25) is 0 Å². The van der Waals surface area contributed by atoms with Gasteiger partial charge in [0.05, 0.1) is 6.10 Å². The van der Waals surface area contributed by atoms with E-state index in [1.165, 1.54) is 0 Å². The van der Waals surface area contributed by atoms with Crippen LogP contribution in [-0.2, 0) is 14.3 Å². The highest BCUT2D eigenvalue weighted by Gasteiger charge is 2.30. The molecule has 4 rings (SSSR count). The lowest BCUT2D eigenvalue weighted by Gasteiger charge is -2.19. The number of hydrogen-bond donors (Lipinski definition) is 2. The van der Waals surface area contributed by atoms with E-state index in [1.807, 2.05) is 36.4 Å². The number of carboxylic acids is 1. The zero-order valence-electron chi connectivity index (χ0n) is 15.5. The molecule has 28 heavy (non-hydrogen) atoms. The summed E-state index contributed by atoms with van der Waals surface area (Å²) >= 11 is 0. The third-order valence-corrected chi connectivity index (χ3v) is 5.46. The molecule has 2 atom stereocenters. The number of rotatable bonds is 6. The predicted octanol–water partition coefficient (Wildman–Crippen LogP) is 3.55. The Morgan fingerprint density at radius 1 is 1.11 bits per heavy atom. The third kappa shape index (κ3) is 3.73. The zero-order chi connectivity index (χ0) is 19.5. The van der Waals surface area contributed by atoms with Crippen molar-refractivity contribution in [3.63, 3.8) is 0 Å². The third-order valence-electron chi connectivity index (χ3n) is 5.46.